The van der Waals surface area contributed by atoms with E-state index in [-0.39, 0.29) is 0 Å². The van der Waals surface area contributed by atoms with Crippen molar-refractivity contribution in [2.24, 2.45) is 7.05 Å². The molecule has 2 rings (SSSR count). The molecule has 0 saturated heterocycles. The summed E-state index contributed by atoms with van der Waals surface area (Å²) in [6, 6.07) is 2.59. The van der Waals surface area contributed by atoms with Crippen LogP contribution in [0.25, 0.3) is 0 Å². The molecule has 0 amide bonds. The molecule has 1 N–H and O–H groups in total. The van der Waals surface area contributed by atoms with E-state index in [0.717, 1.165) is 5.69 Å². The van der Waals surface area contributed by atoms with Crippen LogP contribution in [0.5, 0.6) is 0 Å². The van der Waals surface area contributed by atoms with E-state index < -0.39 is 0 Å². The van der Waals surface area contributed by atoms with Crippen molar-refractivity contribution in [2.75, 3.05) is 5.32 Å². The molecule has 0 radical (unpaired) electrons. The predicted molar refractivity (Wildman–Crippen MR) is 69.0 cm³/mol. The number of hydrogen-bond donors (Lipinski definition) is 1. The molecular weight excluding hydrogens is 218 g/mol. The van der Waals surface area contributed by atoms with Crippen molar-refractivity contribution in [1.82, 2.24) is 9.78 Å². The molecule has 0 saturated carbocycles. The first kappa shape index (κ1) is 11.2. The lowest BCUT2D eigenvalue weighted by atomic mass is 10.1. The number of aromatic nitrogens is 2. The highest BCUT2D eigenvalue weighted by atomic mass is 32.1. The Morgan fingerprint density at radius 1 is 1.44 bits per heavy atom. The fourth-order valence-corrected chi connectivity index (χ4v) is 2.93. The Hall–Kier alpha value is -1.29. The Morgan fingerprint density at radius 2 is 2.19 bits per heavy atom. The lowest BCUT2D eigenvalue weighted by molar-refractivity contribution is 0.767. The second-order valence-electron chi connectivity index (χ2n) is 4.14. The molecule has 2 aromatic rings. The normalized spacial score (nSPS) is 12.8. The second kappa shape index (κ2) is 4.29. The molecule has 2 aromatic heterocycles. The maximum atomic E-state index is 4.15. The molecule has 0 bridgehead atoms. The third kappa shape index (κ3) is 2.27. The summed E-state index contributed by atoms with van der Waals surface area (Å²) in [6.45, 7) is 6.51. The Labute approximate surface area is 100 Å². The van der Waals surface area contributed by atoms with E-state index in [4.69, 9.17) is 0 Å². The summed E-state index contributed by atoms with van der Waals surface area (Å²) in [6.07, 6.45) is 3.84. The van der Waals surface area contributed by atoms with Gasteiger partial charge >= 0.3 is 0 Å². The van der Waals surface area contributed by atoms with E-state index in [1.54, 1.807) is 4.68 Å². The number of hydrogen-bond acceptors (Lipinski definition) is 3. The summed E-state index contributed by atoms with van der Waals surface area (Å²) < 4.78 is 1.81. The average Bonchev–Trinajstić information content (AvgIpc) is 2.73. The SMILES string of the molecule is Cc1cc(C(C)Nc2cnn(C)c2)c(C)s1. The molecule has 0 aromatic carbocycles. The van der Waals surface area contributed by atoms with E-state index in [9.17, 15) is 0 Å². The van der Waals surface area contributed by atoms with E-state index in [1.165, 1.54) is 15.3 Å². The summed E-state index contributed by atoms with van der Waals surface area (Å²) in [5.74, 6) is 0. The monoisotopic (exact) mass is 235 g/mol. The van der Waals surface area contributed by atoms with Crippen LogP contribution in [-0.4, -0.2) is 9.78 Å². The molecular formula is C12H17N3S. The van der Waals surface area contributed by atoms with Crippen molar-refractivity contribution in [3.63, 3.8) is 0 Å². The van der Waals surface area contributed by atoms with Crippen LogP contribution in [0, 0.1) is 13.8 Å². The van der Waals surface area contributed by atoms with Crippen molar-refractivity contribution in [3.8, 4) is 0 Å². The van der Waals surface area contributed by atoms with Crippen molar-refractivity contribution >= 4 is 17.0 Å². The van der Waals surface area contributed by atoms with E-state index in [2.05, 4.69) is 37.3 Å². The quantitative estimate of drug-likeness (QED) is 0.885. The highest BCUT2D eigenvalue weighted by Crippen LogP contribution is 2.28. The Bertz CT molecular complexity index is 484. The highest BCUT2D eigenvalue weighted by Gasteiger charge is 2.11. The maximum Gasteiger partial charge on any atom is 0.0731 e. The van der Waals surface area contributed by atoms with Gasteiger partial charge < -0.3 is 5.32 Å². The number of anilines is 1. The topological polar surface area (TPSA) is 29.9 Å². The first-order chi connectivity index (χ1) is 7.56. The van der Waals surface area contributed by atoms with Crippen LogP contribution in [0.2, 0.25) is 0 Å². The van der Waals surface area contributed by atoms with Crippen LogP contribution in [0.3, 0.4) is 0 Å². The summed E-state index contributed by atoms with van der Waals surface area (Å²) in [5.41, 5.74) is 2.45. The number of thiophene rings is 1. The van der Waals surface area contributed by atoms with Crippen LogP contribution >= 0.6 is 11.3 Å². The Kier molecular flexibility index (Phi) is 3.01. The van der Waals surface area contributed by atoms with Gasteiger partial charge in [0.2, 0.25) is 0 Å². The molecule has 16 heavy (non-hydrogen) atoms. The largest absolute Gasteiger partial charge is 0.376 e. The first-order valence-electron chi connectivity index (χ1n) is 5.38. The van der Waals surface area contributed by atoms with Gasteiger partial charge in [0, 0.05) is 29.0 Å². The van der Waals surface area contributed by atoms with Gasteiger partial charge in [0.05, 0.1) is 11.9 Å². The summed E-state index contributed by atoms with van der Waals surface area (Å²) >= 11 is 1.85. The van der Waals surface area contributed by atoms with Gasteiger partial charge in [-0.2, -0.15) is 5.10 Å². The van der Waals surface area contributed by atoms with Crippen LogP contribution in [0.15, 0.2) is 18.5 Å². The molecule has 0 aliphatic rings. The zero-order valence-electron chi connectivity index (χ0n) is 10.1. The Balaban J connectivity index is 2.14. The van der Waals surface area contributed by atoms with Crippen molar-refractivity contribution in [2.45, 2.75) is 26.8 Å². The molecule has 1 atom stereocenters. The van der Waals surface area contributed by atoms with Gasteiger partial charge in [-0.1, -0.05) is 0 Å². The molecule has 4 heteroatoms. The van der Waals surface area contributed by atoms with E-state index >= 15 is 0 Å². The van der Waals surface area contributed by atoms with Gasteiger partial charge in [0.1, 0.15) is 0 Å². The number of nitrogens with one attached hydrogen (secondary N) is 1. The highest BCUT2D eigenvalue weighted by molar-refractivity contribution is 7.12. The van der Waals surface area contributed by atoms with Gasteiger partial charge in [-0.25, -0.2) is 0 Å². The number of aryl methyl sites for hydroxylation is 3. The second-order valence-corrected chi connectivity index (χ2v) is 5.60. The summed E-state index contributed by atoms with van der Waals surface area (Å²) in [5, 5.41) is 7.60. The fraction of sp³-hybridized carbons (Fsp3) is 0.417. The van der Waals surface area contributed by atoms with Crippen molar-refractivity contribution in [1.29, 1.82) is 0 Å². The molecule has 86 valence electrons. The molecule has 0 aliphatic heterocycles. The zero-order valence-corrected chi connectivity index (χ0v) is 10.9. The van der Waals surface area contributed by atoms with Crippen LogP contribution in [-0.2, 0) is 7.05 Å². The van der Waals surface area contributed by atoms with Crippen molar-refractivity contribution in [3.05, 3.63) is 33.8 Å². The number of rotatable bonds is 3. The molecule has 0 fully saturated rings. The average molecular weight is 235 g/mol. The van der Waals surface area contributed by atoms with Gasteiger partial charge in [-0.05, 0) is 32.4 Å². The predicted octanol–water partition coefficient (Wildman–Crippen LogP) is 3.27. The number of nitrogens with zero attached hydrogens (tertiary/aromatic N) is 2. The smallest absolute Gasteiger partial charge is 0.0731 e. The Morgan fingerprint density at radius 3 is 2.69 bits per heavy atom. The van der Waals surface area contributed by atoms with Gasteiger partial charge in [-0.15, -0.1) is 11.3 Å². The van der Waals surface area contributed by atoms with Crippen LogP contribution in [0.4, 0.5) is 5.69 Å². The van der Waals surface area contributed by atoms with Gasteiger partial charge in [-0.3, -0.25) is 4.68 Å². The van der Waals surface area contributed by atoms with Crippen molar-refractivity contribution < 1.29 is 0 Å². The van der Waals surface area contributed by atoms with E-state index in [1.807, 2.05) is 30.8 Å². The van der Waals surface area contributed by atoms with Crippen LogP contribution in [0.1, 0.15) is 28.3 Å². The molecule has 2 heterocycles. The van der Waals surface area contributed by atoms with Gasteiger partial charge in [0.15, 0.2) is 0 Å². The third-order valence-electron chi connectivity index (χ3n) is 2.63. The minimum absolute atomic E-state index is 0.328. The van der Waals surface area contributed by atoms with Gasteiger partial charge in [0.25, 0.3) is 0 Å². The lowest BCUT2D eigenvalue weighted by Crippen LogP contribution is -2.05. The summed E-state index contributed by atoms with van der Waals surface area (Å²) in [7, 11) is 1.93. The maximum absolute atomic E-state index is 4.15. The minimum Gasteiger partial charge on any atom is -0.376 e. The standard InChI is InChI=1S/C12H17N3S/c1-8-5-12(10(3)16-8)9(2)14-11-6-13-15(4)7-11/h5-7,9,14H,1-4H3. The van der Waals surface area contributed by atoms with E-state index in [0.29, 0.717) is 6.04 Å². The van der Waals surface area contributed by atoms with Crippen LogP contribution < -0.4 is 5.32 Å². The third-order valence-corrected chi connectivity index (χ3v) is 3.62. The molecule has 3 nitrogen and oxygen atoms in total. The summed E-state index contributed by atoms with van der Waals surface area (Å²) in [4.78, 5) is 2.76. The molecule has 1 unspecified atom stereocenters. The molecule has 0 spiro atoms. The molecule has 0 aliphatic carbocycles. The minimum atomic E-state index is 0.328. The fourth-order valence-electron chi connectivity index (χ4n) is 1.90. The first-order valence-corrected chi connectivity index (χ1v) is 6.20. The zero-order chi connectivity index (χ0) is 11.7. The lowest BCUT2D eigenvalue weighted by Gasteiger charge is -2.13.